The molecule has 2 aromatic heterocycles. The molecular weight excluding hydrogens is 304 g/mol. The molecule has 0 aliphatic heterocycles. The SMILES string of the molecule is Cc1ccccc1-c1ccc(-c2ccc(C3CCCC3)nc2)c[n+]1C. The van der Waals surface area contributed by atoms with Gasteiger partial charge in [0, 0.05) is 40.6 Å². The minimum absolute atomic E-state index is 0.675. The van der Waals surface area contributed by atoms with Gasteiger partial charge in [0.1, 0.15) is 7.05 Å². The first-order valence-electron chi connectivity index (χ1n) is 9.24. The van der Waals surface area contributed by atoms with Gasteiger partial charge in [-0.15, -0.1) is 0 Å². The molecule has 126 valence electrons. The predicted molar refractivity (Wildman–Crippen MR) is 102 cm³/mol. The van der Waals surface area contributed by atoms with Gasteiger partial charge in [0.25, 0.3) is 0 Å². The molecule has 1 aromatic carbocycles. The van der Waals surface area contributed by atoms with E-state index < -0.39 is 0 Å². The van der Waals surface area contributed by atoms with Crippen LogP contribution in [-0.2, 0) is 7.05 Å². The van der Waals surface area contributed by atoms with Crippen LogP contribution in [0.5, 0.6) is 0 Å². The number of rotatable bonds is 3. The molecular formula is C23H25N2+. The van der Waals surface area contributed by atoms with E-state index in [-0.39, 0.29) is 0 Å². The minimum Gasteiger partial charge on any atom is -0.260 e. The molecule has 0 amide bonds. The minimum atomic E-state index is 0.675. The highest BCUT2D eigenvalue weighted by Gasteiger charge is 2.18. The maximum absolute atomic E-state index is 4.75. The van der Waals surface area contributed by atoms with Gasteiger partial charge in [-0.2, -0.15) is 0 Å². The average molecular weight is 329 g/mol. The molecule has 1 aliphatic rings. The largest absolute Gasteiger partial charge is 0.260 e. The van der Waals surface area contributed by atoms with Crippen LogP contribution in [-0.4, -0.2) is 4.98 Å². The van der Waals surface area contributed by atoms with Crippen LogP contribution < -0.4 is 4.57 Å². The van der Waals surface area contributed by atoms with Crippen molar-refractivity contribution in [1.82, 2.24) is 4.98 Å². The van der Waals surface area contributed by atoms with E-state index in [0.717, 1.165) is 0 Å². The Hall–Kier alpha value is -2.48. The Morgan fingerprint density at radius 1 is 0.920 bits per heavy atom. The summed E-state index contributed by atoms with van der Waals surface area (Å²) in [6.45, 7) is 2.16. The van der Waals surface area contributed by atoms with E-state index in [4.69, 9.17) is 4.98 Å². The molecule has 2 heterocycles. The van der Waals surface area contributed by atoms with Crippen LogP contribution in [0.25, 0.3) is 22.4 Å². The summed E-state index contributed by atoms with van der Waals surface area (Å²) in [5.74, 6) is 0.675. The maximum atomic E-state index is 4.75. The van der Waals surface area contributed by atoms with Crippen molar-refractivity contribution in [2.75, 3.05) is 0 Å². The molecule has 3 aromatic rings. The van der Waals surface area contributed by atoms with Crippen LogP contribution in [0.2, 0.25) is 0 Å². The van der Waals surface area contributed by atoms with Gasteiger partial charge in [0.2, 0.25) is 5.69 Å². The smallest absolute Gasteiger partial charge is 0.212 e. The summed E-state index contributed by atoms with van der Waals surface area (Å²) >= 11 is 0. The fourth-order valence-electron chi connectivity index (χ4n) is 3.96. The third-order valence-electron chi connectivity index (χ3n) is 5.45. The van der Waals surface area contributed by atoms with Crippen molar-refractivity contribution in [3.05, 3.63) is 72.2 Å². The fourth-order valence-corrected chi connectivity index (χ4v) is 3.96. The van der Waals surface area contributed by atoms with Crippen molar-refractivity contribution in [1.29, 1.82) is 0 Å². The van der Waals surface area contributed by atoms with E-state index >= 15 is 0 Å². The summed E-state index contributed by atoms with van der Waals surface area (Å²) in [4.78, 5) is 4.75. The Bertz CT molecular complexity index is 875. The number of aryl methyl sites for hydroxylation is 2. The average Bonchev–Trinajstić information content (AvgIpc) is 3.17. The normalized spacial score (nSPS) is 14.8. The highest BCUT2D eigenvalue weighted by Crippen LogP contribution is 2.33. The summed E-state index contributed by atoms with van der Waals surface area (Å²) in [6.07, 6.45) is 9.54. The Kier molecular flexibility index (Phi) is 4.35. The van der Waals surface area contributed by atoms with E-state index in [9.17, 15) is 0 Å². The molecule has 2 heteroatoms. The fraction of sp³-hybridized carbons (Fsp3) is 0.304. The second-order valence-electron chi connectivity index (χ2n) is 7.18. The van der Waals surface area contributed by atoms with E-state index in [1.165, 1.54) is 59.3 Å². The van der Waals surface area contributed by atoms with Gasteiger partial charge in [0.05, 0.1) is 0 Å². The molecule has 0 radical (unpaired) electrons. The molecule has 2 nitrogen and oxygen atoms in total. The highest BCUT2D eigenvalue weighted by molar-refractivity contribution is 5.65. The number of benzene rings is 1. The Morgan fingerprint density at radius 2 is 1.68 bits per heavy atom. The molecule has 1 fully saturated rings. The molecule has 0 atom stereocenters. The van der Waals surface area contributed by atoms with E-state index in [2.05, 4.69) is 73.3 Å². The lowest BCUT2D eigenvalue weighted by atomic mass is 10.0. The number of pyridine rings is 2. The molecule has 4 rings (SSSR count). The first-order chi connectivity index (χ1) is 12.2. The molecule has 0 unspecified atom stereocenters. The zero-order valence-corrected chi connectivity index (χ0v) is 15.1. The van der Waals surface area contributed by atoms with Crippen LogP contribution >= 0.6 is 0 Å². The van der Waals surface area contributed by atoms with Gasteiger partial charge >= 0.3 is 0 Å². The van der Waals surface area contributed by atoms with Crippen molar-refractivity contribution in [3.63, 3.8) is 0 Å². The second-order valence-corrected chi connectivity index (χ2v) is 7.18. The highest BCUT2D eigenvalue weighted by atomic mass is 14.9. The lowest BCUT2D eigenvalue weighted by Crippen LogP contribution is -2.30. The monoisotopic (exact) mass is 329 g/mol. The van der Waals surface area contributed by atoms with Crippen molar-refractivity contribution in [3.8, 4) is 22.4 Å². The topological polar surface area (TPSA) is 16.8 Å². The van der Waals surface area contributed by atoms with E-state index in [0.29, 0.717) is 5.92 Å². The van der Waals surface area contributed by atoms with Gasteiger partial charge in [-0.1, -0.05) is 37.1 Å². The summed E-state index contributed by atoms with van der Waals surface area (Å²) in [5.41, 5.74) is 7.48. The lowest BCUT2D eigenvalue weighted by Gasteiger charge is -2.09. The molecule has 0 spiro atoms. The predicted octanol–water partition coefficient (Wildman–Crippen LogP) is 5.21. The summed E-state index contributed by atoms with van der Waals surface area (Å²) in [7, 11) is 2.12. The van der Waals surface area contributed by atoms with Crippen LogP contribution in [0.3, 0.4) is 0 Å². The summed E-state index contributed by atoms with van der Waals surface area (Å²) in [6, 6.07) is 17.4. The van der Waals surface area contributed by atoms with Crippen LogP contribution in [0.1, 0.15) is 42.9 Å². The summed E-state index contributed by atoms with van der Waals surface area (Å²) in [5, 5.41) is 0. The third-order valence-corrected chi connectivity index (χ3v) is 5.45. The van der Waals surface area contributed by atoms with Gasteiger partial charge in [-0.25, -0.2) is 4.57 Å². The van der Waals surface area contributed by atoms with Crippen LogP contribution in [0, 0.1) is 6.92 Å². The van der Waals surface area contributed by atoms with Crippen LogP contribution in [0.4, 0.5) is 0 Å². The Labute approximate surface area is 150 Å². The third kappa shape index (κ3) is 3.21. The molecule has 0 N–H and O–H groups in total. The number of aromatic nitrogens is 2. The van der Waals surface area contributed by atoms with Crippen molar-refractivity contribution < 1.29 is 4.57 Å². The first kappa shape index (κ1) is 16.0. The number of hydrogen-bond acceptors (Lipinski definition) is 1. The van der Waals surface area contributed by atoms with Gasteiger partial charge in [0.15, 0.2) is 6.20 Å². The molecule has 1 aliphatic carbocycles. The van der Waals surface area contributed by atoms with Crippen LogP contribution in [0.15, 0.2) is 60.9 Å². The molecule has 1 saturated carbocycles. The number of hydrogen-bond donors (Lipinski definition) is 0. The van der Waals surface area contributed by atoms with Crippen molar-refractivity contribution >= 4 is 0 Å². The Balaban J connectivity index is 1.63. The Morgan fingerprint density at radius 3 is 2.36 bits per heavy atom. The van der Waals surface area contributed by atoms with E-state index in [1.807, 2.05) is 6.20 Å². The molecule has 0 bridgehead atoms. The van der Waals surface area contributed by atoms with Crippen molar-refractivity contribution in [2.45, 2.75) is 38.5 Å². The molecule has 25 heavy (non-hydrogen) atoms. The van der Waals surface area contributed by atoms with Gasteiger partial charge in [-0.05, 0) is 43.5 Å². The van der Waals surface area contributed by atoms with Crippen molar-refractivity contribution in [2.24, 2.45) is 7.05 Å². The zero-order valence-electron chi connectivity index (χ0n) is 15.1. The second kappa shape index (κ2) is 6.79. The molecule has 0 saturated heterocycles. The standard InChI is InChI=1S/C23H25N2/c1-17-7-3-6-10-21(17)23-14-12-20(16-25(23)2)19-11-13-22(24-15-19)18-8-4-5-9-18/h3,6-7,10-16,18H,4-5,8-9H2,1-2H3/q+1. The lowest BCUT2D eigenvalue weighted by molar-refractivity contribution is -0.659. The van der Waals surface area contributed by atoms with E-state index in [1.54, 1.807) is 0 Å². The van der Waals surface area contributed by atoms with Gasteiger partial charge < -0.3 is 0 Å². The quantitative estimate of drug-likeness (QED) is 0.603. The number of nitrogens with zero attached hydrogens (tertiary/aromatic N) is 2. The first-order valence-corrected chi connectivity index (χ1v) is 9.24. The summed E-state index contributed by atoms with van der Waals surface area (Å²) < 4.78 is 2.21. The zero-order chi connectivity index (χ0) is 17.2. The van der Waals surface area contributed by atoms with Gasteiger partial charge in [-0.3, -0.25) is 4.98 Å². The maximum Gasteiger partial charge on any atom is 0.212 e.